The number of halogens is 1. The van der Waals surface area contributed by atoms with Crippen LogP contribution in [0.1, 0.15) is 19.3 Å². The molecule has 0 fully saturated rings. The van der Waals surface area contributed by atoms with Crippen LogP contribution in [0.25, 0.3) is 0 Å². The van der Waals surface area contributed by atoms with Crippen LogP contribution >= 0.6 is 12.4 Å². The van der Waals surface area contributed by atoms with Gasteiger partial charge in [-0.3, -0.25) is 0 Å². The van der Waals surface area contributed by atoms with Crippen molar-refractivity contribution in [2.24, 2.45) is 5.92 Å². The van der Waals surface area contributed by atoms with Gasteiger partial charge in [-0.15, -0.1) is 12.4 Å². The van der Waals surface area contributed by atoms with Crippen molar-refractivity contribution in [3.05, 3.63) is 12.2 Å². The molecule has 1 aliphatic rings. The number of nitrogens with one attached hydrogen (secondary N) is 1. The highest BCUT2D eigenvalue weighted by atomic mass is 35.5. The van der Waals surface area contributed by atoms with Crippen LogP contribution in [0, 0.1) is 5.92 Å². The molecule has 1 rings (SSSR count). The average Bonchev–Trinajstić information content (AvgIpc) is 1.91. The van der Waals surface area contributed by atoms with Gasteiger partial charge < -0.3 is 5.32 Å². The van der Waals surface area contributed by atoms with Crippen molar-refractivity contribution in [2.75, 3.05) is 13.6 Å². The summed E-state index contributed by atoms with van der Waals surface area (Å²) in [7, 11) is 2.03. The highest BCUT2D eigenvalue weighted by Gasteiger charge is 2.06. The summed E-state index contributed by atoms with van der Waals surface area (Å²) in [5, 5.41) is 3.20. The number of hydrogen-bond acceptors (Lipinski definition) is 1. The summed E-state index contributed by atoms with van der Waals surface area (Å²) >= 11 is 0. The van der Waals surface area contributed by atoms with Crippen molar-refractivity contribution < 1.29 is 0 Å². The molecule has 0 unspecified atom stereocenters. The first-order valence-electron chi connectivity index (χ1n) is 3.73. The van der Waals surface area contributed by atoms with E-state index in [4.69, 9.17) is 0 Å². The summed E-state index contributed by atoms with van der Waals surface area (Å²) in [6.07, 6.45) is 8.52. The minimum Gasteiger partial charge on any atom is -0.319 e. The third-order valence-electron chi connectivity index (χ3n) is 1.87. The SMILES string of the molecule is CNC[C@H]1CC=CCC1.Cl. The summed E-state index contributed by atoms with van der Waals surface area (Å²) in [6.45, 7) is 1.18. The highest BCUT2D eigenvalue weighted by Crippen LogP contribution is 2.16. The first-order valence-corrected chi connectivity index (χ1v) is 3.73. The maximum absolute atomic E-state index is 3.20. The Morgan fingerprint density at radius 2 is 2.30 bits per heavy atom. The zero-order valence-electron chi connectivity index (χ0n) is 6.47. The summed E-state index contributed by atoms with van der Waals surface area (Å²) in [6, 6.07) is 0. The third kappa shape index (κ3) is 3.23. The summed E-state index contributed by atoms with van der Waals surface area (Å²) in [5.74, 6) is 0.903. The monoisotopic (exact) mass is 161 g/mol. The van der Waals surface area contributed by atoms with Gasteiger partial charge >= 0.3 is 0 Å². The van der Waals surface area contributed by atoms with Gasteiger partial charge in [0, 0.05) is 0 Å². The van der Waals surface area contributed by atoms with Crippen molar-refractivity contribution in [3.8, 4) is 0 Å². The van der Waals surface area contributed by atoms with E-state index in [0.29, 0.717) is 0 Å². The topological polar surface area (TPSA) is 12.0 Å². The largest absolute Gasteiger partial charge is 0.319 e. The maximum Gasteiger partial charge on any atom is -0.00204 e. The zero-order valence-corrected chi connectivity index (χ0v) is 7.29. The van der Waals surface area contributed by atoms with Crippen LogP contribution in [0.2, 0.25) is 0 Å². The first-order chi connectivity index (χ1) is 4.43. The average molecular weight is 162 g/mol. The molecule has 0 saturated carbocycles. The van der Waals surface area contributed by atoms with E-state index in [1.54, 1.807) is 0 Å². The van der Waals surface area contributed by atoms with E-state index in [9.17, 15) is 0 Å². The lowest BCUT2D eigenvalue weighted by Gasteiger charge is -2.16. The molecule has 1 atom stereocenters. The van der Waals surface area contributed by atoms with Gasteiger partial charge in [0.05, 0.1) is 0 Å². The van der Waals surface area contributed by atoms with E-state index in [1.807, 2.05) is 7.05 Å². The molecular weight excluding hydrogens is 146 g/mol. The Kier molecular flexibility index (Phi) is 5.74. The van der Waals surface area contributed by atoms with E-state index in [-0.39, 0.29) is 12.4 Å². The fourth-order valence-electron chi connectivity index (χ4n) is 1.33. The van der Waals surface area contributed by atoms with Gasteiger partial charge in [0.1, 0.15) is 0 Å². The lowest BCUT2D eigenvalue weighted by atomic mass is 9.95. The molecule has 1 aliphatic carbocycles. The Morgan fingerprint density at radius 3 is 2.80 bits per heavy atom. The van der Waals surface area contributed by atoms with Crippen molar-refractivity contribution in [1.29, 1.82) is 0 Å². The van der Waals surface area contributed by atoms with Crippen LogP contribution in [0.3, 0.4) is 0 Å². The van der Waals surface area contributed by atoms with Crippen molar-refractivity contribution in [2.45, 2.75) is 19.3 Å². The molecule has 0 bridgehead atoms. The number of rotatable bonds is 2. The molecule has 0 heterocycles. The Morgan fingerprint density at radius 1 is 1.50 bits per heavy atom. The first kappa shape index (κ1) is 9.99. The lowest BCUT2D eigenvalue weighted by molar-refractivity contribution is 0.459. The van der Waals surface area contributed by atoms with Gasteiger partial charge in [-0.2, -0.15) is 0 Å². The van der Waals surface area contributed by atoms with Crippen LogP contribution in [0.15, 0.2) is 12.2 Å². The van der Waals surface area contributed by atoms with E-state index in [1.165, 1.54) is 25.8 Å². The van der Waals surface area contributed by atoms with E-state index in [0.717, 1.165) is 5.92 Å². The minimum absolute atomic E-state index is 0. The molecule has 0 amide bonds. The number of allylic oxidation sites excluding steroid dienone is 2. The molecule has 0 aliphatic heterocycles. The minimum atomic E-state index is 0. The van der Waals surface area contributed by atoms with Crippen LogP contribution < -0.4 is 5.32 Å². The molecule has 1 nitrogen and oxygen atoms in total. The van der Waals surface area contributed by atoms with Crippen LogP contribution in [0.4, 0.5) is 0 Å². The van der Waals surface area contributed by atoms with Crippen LogP contribution in [0.5, 0.6) is 0 Å². The van der Waals surface area contributed by atoms with Gasteiger partial charge in [-0.05, 0) is 38.8 Å². The lowest BCUT2D eigenvalue weighted by Crippen LogP contribution is -2.19. The molecule has 0 radical (unpaired) electrons. The van der Waals surface area contributed by atoms with Crippen LogP contribution in [-0.2, 0) is 0 Å². The fourth-order valence-corrected chi connectivity index (χ4v) is 1.33. The van der Waals surface area contributed by atoms with Crippen molar-refractivity contribution in [1.82, 2.24) is 5.32 Å². The van der Waals surface area contributed by atoms with Gasteiger partial charge in [-0.25, -0.2) is 0 Å². The zero-order chi connectivity index (χ0) is 6.53. The molecule has 2 heteroatoms. The molecule has 0 aromatic heterocycles. The quantitative estimate of drug-likeness (QED) is 0.611. The molecule has 0 aromatic carbocycles. The van der Waals surface area contributed by atoms with Crippen molar-refractivity contribution >= 4 is 12.4 Å². The molecule has 0 spiro atoms. The standard InChI is InChI=1S/C8H15N.ClH/c1-9-7-8-5-3-2-4-6-8;/h2-3,8-9H,4-7H2,1H3;1H/t8-;/m0./s1. The van der Waals surface area contributed by atoms with E-state index in [2.05, 4.69) is 17.5 Å². The number of hydrogen-bond donors (Lipinski definition) is 1. The van der Waals surface area contributed by atoms with Gasteiger partial charge in [0.2, 0.25) is 0 Å². The molecule has 0 saturated heterocycles. The third-order valence-corrected chi connectivity index (χ3v) is 1.87. The van der Waals surface area contributed by atoms with Crippen molar-refractivity contribution in [3.63, 3.8) is 0 Å². The Labute approximate surface area is 69.3 Å². The predicted octanol–water partition coefficient (Wildman–Crippen LogP) is 1.98. The van der Waals surface area contributed by atoms with E-state index >= 15 is 0 Å². The summed E-state index contributed by atoms with van der Waals surface area (Å²) in [4.78, 5) is 0. The molecule has 1 N–H and O–H groups in total. The fraction of sp³-hybridized carbons (Fsp3) is 0.750. The Bertz CT molecular complexity index is 101. The Hall–Kier alpha value is -0.0100. The smallest absolute Gasteiger partial charge is 0.00204 e. The molecule has 0 aromatic rings. The predicted molar refractivity (Wildman–Crippen MR) is 47.7 cm³/mol. The summed E-state index contributed by atoms with van der Waals surface area (Å²) in [5.41, 5.74) is 0. The van der Waals surface area contributed by atoms with E-state index < -0.39 is 0 Å². The van der Waals surface area contributed by atoms with Gasteiger partial charge in [0.15, 0.2) is 0 Å². The molecule has 60 valence electrons. The van der Waals surface area contributed by atoms with Gasteiger partial charge in [0.25, 0.3) is 0 Å². The molecule has 10 heavy (non-hydrogen) atoms. The maximum atomic E-state index is 3.20. The Balaban J connectivity index is 0.000000810. The highest BCUT2D eigenvalue weighted by molar-refractivity contribution is 5.85. The second kappa shape index (κ2) is 5.75. The van der Waals surface area contributed by atoms with Gasteiger partial charge in [-0.1, -0.05) is 12.2 Å². The molecular formula is C8H16ClN. The summed E-state index contributed by atoms with van der Waals surface area (Å²) < 4.78 is 0. The van der Waals surface area contributed by atoms with Crippen LogP contribution in [-0.4, -0.2) is 13.6 Å². The second-order valence-corrected chi connectivity index (χ2v) is 2.71. The normalized spacial score (nSPS) is 23.9. The second-order valence-electron chi connectivity index (χ2n) is 2.71.